The van der Waals surface area contributed by atoms with Crippen LogP contribution in [-0.2, 0) is 14.4 Å². The maximum atomic E-state index is 12.4. The highest BCUT2D eigenvalue weighted by atomic mass is 35.5. The lowest BCUT2D eigenvalue weighted by Gasteiger charge is -2.14. The minimum absolute atomic E-state index is 0.113. The third-order valence-electron chi connectivity index (χ3n) is 4.28. The fourth-order valence-corrected chi connectivity index (χ4v) is 4.25. The third-order valence-corrected chi connectivity index (χ3v) is 6.24. The highest BCUT2D eigenvalue weighted by Gasteiger charge is 2.19. The molecule has 30 heavy (non-hydrogen) atoms. The lowest BCUT2D eigenvalue weighted by atomic mass is 10.1. The normalized spacial score (nSPS) is 13.7. The van der Waals surface area contributed by atoms with Crippen molar-refractivity contribution in [3.63, 3.8) is 0 Å². The molecule has 8 nitrogen and oxygen atoms in total. The van der Waals surface area contributed by atoms with E-state index in [0.29, 0.717) is 16.5 Å². The summed E-state index contributed by atoms with van der Waals surface area (Å²) in [4.78, 5) is 16.5. The molecule has 0 aliphatic carbocycles. The monoisotopic (exact) mass is 472 g/mol. The van der Waals surface area contributed by atoms with E-state index in [2.05, 4.69) is 5.10 Å². The van der Waals surface area contributed by atoms with Crippen molar-refractivity contribution in [1.82, 2.24) is 4.90 Å². The van der Waals surface area contributed by atoms with Crippen molar-refractivity contribution < 1.29 is 22.8 Å². The smallest absolute Gasteiger partial charge is 0.308 e. The number of hydrogen-bond donors (Lipinski definition) is 2. The molecule has 0 bridgehead atoms. The van der Waals surface area contributed by atoms with E-state index in [-0.39, 0.29) is 5.75 Å². The second kappa shape index (κ2) is 10.9. The van der Waals surface area contributed by atoms with Gasteiger partial charge in [-0.05, 0) is 56.1 Å². The highest BCUT2D eigenvalue weighted by Crippen LogP contribution is 2.24. The zero-order valence-corrected chi connectivity index (χ0v) is 19.1. The van der Waals surface area contributed by atoms with E-state index < -0.39 is 18.1 Å². The molecule has 2 aromatic carbocycles. The van der Waals surface area contributed by atoms with Crippen molar-refractivity contribution in [2.75, 3.05) is 37.9 Å². The van der Waals surface area contributed by atoms with Gasteiger partial charge in [-0.1, -0.05) is 23.7 Å². The van der Waals surface area contributed by atoms with Gasteiger partial charge in [-0.15, -0.1) is 9.79 Å². The van der Waals surface area contributed by atoms with E-state index in [9.17, 15) is 8.42 Å². The molecule has 2 aromatic rings. The Morgan fingerprint density at radius 3 is 2.20 bits per heavy atom. The molecular formula is C19H24ClN3O5PS+. The molecule has 0 radical (unpaired) electrons. The first-order valence-electron chi connectivity index (χ1n) is 9.02. The topological polar surface area (TPSA) is 111 Å². The van der Waals surface area contributed by atoms with Gasteiger partial charge in [0.15, 0.2) is 9.84 Å². The lowest BCUT2D eigenvalue weighted by Crippen LogP contribution is -2.22. The van der Waals surface area contributed by atoms with Crippen LogP contribution in [0.1, 0.15) is 12.0 Å². The number of nitrogens with zero attached hydrogens (tertiary/aromatic N) is 3. The lowest BCUT2D eigenvalue weighted by molar-refractivity contribution is 0.405. The first-order valence-corrected chi connectivity index (χ1v) is 12.2. The molecule has 0 saturated carbocycles. The zero-order valence-electron chi connectivity index (χ0n) is 16.6. The van der Waals surface area contributed by atoms with Gasteiger partial charge in [0.05, 0.1) is 22.0 Å². The quantitative estimate of drug-likeness (QED) is 0.622. The van der Waals surface area contributed by atoms with Gasteiger partial charge < -0.3 is 4.90 Å². The summed E-state index contributed by atoms with van der Waals surface area (Å²) >= 11 is 5.93. The number of anilines is 1. The Hall–Kier alpha value is -1.87. The van der Waals surface area contributed by atoms with E-state index >= 15 is 0 Å². The van der Waals surface area contributed by atoms with Gasteiger partial charge in [0.25, 0.3) is 0 Å². The van der Waals surface area contributed by atoms with E-state index in [1.807, 2.05) is 60.4 Å². The Morgan fingerprint density at radius 2 is 1.67 bits per heavy atom. The fourth-order valence-electron chi connectivity index (χ4n) is 2.73. The molecule has 0 atom stereocenters. The number of hydrogen-bond acceptors (Lipinski definition) is 6. The second-order valence-corrected chi connectivity index (χ2v) is 9.85. The minimum Gasteiger partial charge on any atom is -0.308 e. The van der Waals surface area contributed by atoms with Gasteiger partial charge in [0.1, 0.15) is 0 Å². The average Bonchev–Trinajstić information content (AvgIpc) is 3.17. The molecule has 0 unspecified atom stereocenters. The summed E-state index contributed by atoms with van der Waals surface area (Å²) in [6, 6.07) is 14.6. The third kappa shape index (κ3) is 7.43. The average molecular weight is 473 g/mol. The van der Waals surface area contributed by atoms with Crippen LogP contribution in [0.25, 0.3) is 0 Å². The molecule has 1 aliphatic heterocycles. The first-order chi connectivity index (χ1) is 14.1. The summed E-state index contributed by atoms with van der Waals surface area (Å²) in [5, 5.41) is 7.27. The van der Waals surface area contributed by atoms with Crippen molar-refractivity contribution >= 4 is 41.1 Å². The standard InChI is InChI=1S/C19H22ClN3O2S.HO3P/c1-22(2)13-14-26(24,25)18-9-7-17(8-10-18)23-12-11-19(21-23)15-3-5-16(20)6-4-15;1-4(2)3/h3-10H,11-14H2,1-2H3;(H-,1,2,3)/p+1. The molecule has 0 fully saturated rings. The van der Waals surface area contributed by atoms with Crippen LogP contribution < -0.4 is 5.01 Å². The summed E-state index contributed by atoms with van der Waals surface area (Å²) in [5.41, 5.74) is 2.95. The van der Waals surface area contributed by atoms with Gasteiger partial charge in [-0.25, -0.2) is 8.42 Å². The molecule has 0 saturated heterocycles. The Labute approximate surface area is 182 Å². The van der Waals surface area contributed by atoms with Crippen molar-refractivity contribution in [3.8, 4) is 0 Å². The summed E-state index contributed by atoms with van der Waals surface area (Å²) in [6.07, 6.45) is 0.838. The van der Waals surface area contributed by atoms with Crippen LogP contribution in [0.5, 0.6) is 0 Å². The maximum absolute atomic E-state index is 12.4. The van der Waals surface area contributed by atoms with Crippen LogP contribution in [0, 0.1) is 0 Å². The Balaban J connectivity index is 0.000000735. The van der Waals surface area contributed by atoms with Crippen molar-refractivity contribution in [2.45, 2.75) is 11.3 Å². The number of benzene rings is 2. The Bertz CT molecular complexity index is 992. The Morgan fingerprint density at radius 1 is 1.10 bits per heavy atom. The van der Waals surface area contributed by atoms with E-state index in [1.54, 1.807) is 12.1 Å². The summed E-state index contributed by atoms with van der Waals surface area (Å²) in [5.74, 6) is 0.113. The minimum atomic E-state index is -3.26. The molecule has 1 heterocycles. The molecule has 0 spiro atoms. The molecule has 3 rings (SSSR count). The molecule has 11 heteroatoms. The largest absolute Gasteiger partial charge is 0.692 e. The van der Waals surface area contributed by atoms with Crippen LogP contribution in [0.15, 0.2) is 58.5 Å². The van der Waals surface area contributed by atoms with E-state index in [0.717, 1.165) is 29.9 Å². The van der Waals surface area contributed by atoms with E-state index in [1.165, 1.54) is 0 Å². The van der Waals surface area contributed by atoms with Gasteiger partial charge in [-0.2, -0.15) is 5.10 Å². The van der Waals surface area contributed by atoms with Gasteiger partial charge >= 0.3 is 8.25 Å². The molecular weight excluding hydrogens is 449 g/mol. The van der Waals surface area contributed by atoms with Gasteiger partial charge in [-0.3, -0.25) is 5.01 Å². The van der Waals surface area contributed by atoms with Crippen molar-refractivity contribution in [1.29, 1.82) is 0 Å². The van der Waals surface area contributed by atoms with Crippen molar-refractivity contribution in [2.24, 2.45) is 5.10 Å². The zero-order chi connectivity index (χ0) is 22.3. The predicted molar refractivity (Wildman–Crippen MR) is 119 cm³/mol. The molecule has 162 valence electrons. The van der Waals surface area contributed by atoms with Gasteiger partial charge in [0.2, 0.25) is 0 Å². The fraction of sp³-hybridized carbons (Fsp3) is 0.316. The highest BCUT2D eigenvalue weighted by molar-refractivity contribution is 7.91. The number of halogens is 1. The van der Waals surface area contributed by atoms with Crippen LogP contribution in [0.3, 0.4) is 0 Å². The van der Waals surface area contributed by atoms with Crippen LogP contribution in [-0.4, -0.2) is 61.8 Å². The maximum Gasteiger partial charge on any atom is 0.692 e. The molecule has 1 aliphatic rings. The number of rotatable bonds is 6. The van der Waals surface area contributed by atoms with Crippen LogP contribution in [0.4, 0.5) is 5.69 Å². The summed E-state index contributed by atoms with van der Waals surface area (Å²) < 4.78 is 33.4. The van der Waals surface area contributed by atoms with Crippen LogP contribution in [0.2, 0.25) is 5.02 Å². The number of sulfone groups is 1. The molecule has 0 aromatic heterocycles. The van der Waals surface area contributed by atoms with E-state index in [4.69, 9.17) is 26.0 Å². The molecule has 0 amide bonds. The Kier molecular flexibility index (Phi) is 8.91. The summed E-state index contributed by atoms with van der Waals surface area (Å²) in [6.45, 7) is 1.27. The molecule has 2 N–H and O–H groups in total. The SMILES string of the molecule is CN(C)CCS(=O)(=O)c1ccc(N2CCC(c3ccc(Cl)cc3)=N2)cc1.O=[P+](O)O. The second-order valence-electron chi connectivity index (χ2n) is 6.80. The predicted octanol–water partition coefficient (Wildman–Crippen LogP) is 2.92. The number of hydrazone groups is 1. The van der Waals surface area contributed by atoms with Gasteiger partial charge in [0, 0.05) is 29.1 Å². The van der Waals surface area contributed by atoms with Crippen LogP contribution >= 0.6 is 19.9 Å². The van der Waals surface area contributed by atoms with Crippen molar-refractivity contribution in [3.05, 3.63) is 59.1 Å². The first kappa shape index (κ1) is 24.4. The summed E-state index contributed by atoms with van der Waals surface area (Å²) in [7, 11) is -2.41.